The van der Waals surface area contributed by atoms with Gasteiger partial charge in [-0.2, -0.15) is 5.10 Å². The molecule has 2 fully saturated rings. The van der Waals surface area contributed by atoms with Crippen molar-refractivity contribution in [1.29, 1.82) is 0 Å². The summed E-state index contributed by atoms with van der Waals surface area (Å²) in [5.41, 5.74) is 2.07. The Hall–Kier alpha value is -2.00. The van der Waals surface area contributed by atoms with E-state index in [1.807, 2.05) is 24.7 Å². The van der Waals surface area contributed by atoms with E-state index in [1.165, 1.54) is 0 Å². The van der Waals surface area contributed by atoms with Crippen molar-refractivity contribution in [3.8, 4) is 6.01 Å². The molecule has 26 heavy (non-hydrogen) atoms. The van der Waals surface area contributed by atoms with Crippen molar-refractivity contribution in [2.75, 3.05) is 25.4 Å². The standard InChI is InChI=1S/C17H23N5O3S/c1-13-8-15(21(2)20-13)9-22-11-17(12-22)14(4-7-26(17,23)24)10-25-16-18-5-3-6-19-16/h3,5-6,8,14H,4,7,9-12H2,1-2H3. The van der Waals surface area contributed by atoms with Crippen LogP contribution in [0, 0.1) is 12.8 Å². The molecule has 4 rings (SSSR count). The lowest BCUT2D eigenvalue weighted by atomic mass is 9.83. The number of aryl methyl sites for hydroxylation is 2. The number of sulfone groups is 1. The van der Waals surface area contributed by atoms with Crippen molar-refractivity contribution in [3.63, 3.8) is 0 Å². The van der Waals surface area contributed by atoms with E-state index in [1.54, 1.807) is 18.5 Å². The second-order valence-corrected chi connectivity index (χ2v) is 9.71. The first-order valence-electron chi connectivity index (χ1n) is 8.74. The fraction of sp³-hybridized carbons (Fsp3) is 0.588. The van der Waals surface area contributed by atoms with E-state index in [2.05, 4.69) is 20.0 Å². The van der Waals surface area contributed by atoms with Gasteiger partial charge in [-0.3, -0.25) is 9.58 Å². The summed E-state index contributed by atoms with van der Waals surface area (Å²) < 4.78 is 32.3. The average molecular weight is 377 g/mol. The van der Waals surface area contributed by atoms with E-state index < -0.39 is 14.6 Å². The summed E-state index contributed by atoms with van der Waals surface area (Å²) in [7, 11) is -1.20. The summed E-state index contributed by atoms with van der Waals surface area (Å²) in [5.74, 6) is 0.204. The molecule has 0 radical (unpaired) electrons. The quantitative estimate of drug-likeness (QED) is 0.753. The normalized spacial score (nSPS) is 23.8. The van der Waals surface area contributed by atoms with E-state index in [0.29, 0.717) is 38.7 Å². The van der Waals surface area contributed by atoms with Gasteiger partial charge in [0.2, 0.25) is 0 Å². The summed E-state index contributed by atoms with van der Waals surface area (Å²) in [6.07, 6.45) is 3.86. The zero-order chi connectivity index (χ0) is 18.4. The molecule has 2 aliphatic rings. The van der Waals surface area contributed by atoms with Crippen LogP contribution in [-0.4, -0.2) is 63.3 Å². The average Bonchev–Trinajstić information content (AvgIpc) is 3.02. The van der Waals surface area contributed by atoms with Gasteiger partial charge in [0.25, 0.3) is 0 Å². The number of likely N-dealkylation sites (tertiary alicyclic amines) is 1. The van der Waals surface area contributed by atoms with Gasteiger partial charge in [0.1, 0.15) is 4.75 Å². The van der Waals surface area contributed by atoms with E-state index in [-0.39, 0.29) is 11.7 Å². The van der Waals surface area contributed by atoms with E-state index in [0.717, 1.165) is 11.4 Å². The Morgan fingerprint density at radius 1 is 1.31 bits per heavy atom. The highest BCUT2D eigenvalue weighted by molar-refractivity contribution is 7.93. The maximum absolute atomic E-state index is 12.7. The Labute approximate surface area is 153 Å². The molecule has 0 bridgehead atoms. The zero-order valence-electron chi connectivity index (χ0n) is 15.0. The Balaban J connectivity index is 1.44. The highest BCUT2D eigenvalue weighted by Gasteiger charge is 2.61. The van der Waals surface area contributed by atoms with Gasteiger partial charge in [0.05, 0.1) is 23.7 Å². The number of ether oxygens (including phenoxy) is 1. The summed E-state index contributed by atoms with van der Waals surface area (Å²) in [6.45, 7) is 4.10. The second-order valence-electron chi connectivity index (χ2n) is 7.26. The van der Waals surface area contributed by atoms with Crippen molar-refractivity contribution < 1.29 is 13.2 Å². The Kier molecular flexibility index (Phi) is 4.23. The third kappa shape index (κ3) is 2.88. The van der Waals surface area contributed by atoms with Gasteiger partial charge in [-0.1, -0.05) is 0 Å². The maximum atomic E-state index is 12.7. The maximum Gasteiger partial charge on any atom is 0.316 e. The molecule has 9 heteroatoms. The van der Waals surface area contributed by atoms with Crippen molar-refractivity contribution in [2.24, 2.45) is 13.0 Å². The first-order valence-corrected chi connectivity index (χ1v) is 10.4. The van der Waals surface area contributed by atoms with Crippen molar-refractivity contribution >= 4 is 9.84 Å². The number of aromatic nitrogens is 4. The molecule has 1 unspecified atom stereocenters. The molecule has 0 aliphatic carbocycles. The van der Waals surface area contributed by atoms with E-state index >= 15 is 0 Å². The van der Waals surface area contributed by atoms with Gasteiger partial charge in [-0.25, -0.2) is 18.4 Å². The highest BCUT2D eigenvalue weighted by atomic mass is 32.2. The third-order valence-corrected chi connectivity index (χ3v) is 8.12. The first-order chi connectivity index (χ1) is 12.4. The molecule has 0 aromatic carbocycles. The van der Waals surface area contributed by atoms with Crippen LogP contribution in [0.1, 0.15) is 17.8 Å². The fourth-order valence-corrected chi connectivity index (χ4v) is 6.56. The van der Waals surface area contributed by atoms with Gasteiger partial charge < -0.3 is 4.74 Å². The van der Waals surface area contributed by atoms with Gasteiger partial charge in [-0.15, -0.1) is 0 Å². The van der Waals surface area contributed by atoms with Crippen LogP contribution in [-0.2, 0) is 23.4 Å². The van der Waals surface area contributed by atoms with Gasteiger partial charge in [0.15, 0.2) is 9.84 Å². The van der Waals surface area contributed by atoms with Crippen molar-refractivity contribution in [3.05, 3.63) is 35.9 Å². The Morgan fingerprint density at radius 3 is 2.69 bits per heavy atom. The molecule has 140 valence electrons. The Bertz CT molecular complexity index is 890. The van der Waals surface area contributed by atoms with Crippen molar-refractivity contribution in [1.82, 2.24) is 24.6 Å². The molecule has 0 amide bonds. The minimum Gasteiger partial charge on any atom is -0.463 e. The summed E-state index contributed by atoms with van der Waals surface area (Å²) in [5, 5.41) is 4.36. The third-order valence-electron chi connectivity index (χ3n) is 5.52. The molecule has 8 nitrogen and oxygen atoms in total. The molecule has 1 atom stereocenters. The minimum absolute atomic E-state index is 0.0270. The largest absolute Gasteiger partial charge is 0.463 e. The van der Waals surface area contributed by atoms with Gasteiger partial charge in [0, 0.05) is 45.0 Å². The van der Waals surface area contributed by atoms with Crippen LogP contribution in [0.15, 0.2) is 24.5 Å². The van der Waals surface area contributed by atoms with Crippen LogP contribution in [0.4, 0.5) is 0 Å². The topological polar surface area (TPSA) is 90.2 Å². The fourth-order valence-electron chi connectivity index (χ4n) is 4.11. The van der Waals surface area contributed by atoms with Gasteiger partial charge >= 0.3 is 6.01 Å². The molecule has 4 heterocycles. The van der Waals surface area contributed by atoms with E-state index in [9.17, 15) is 8.42 Å². The molecule has 2 aromatic rings. The number of hydrogen-bond acceptors (Lipinski definition) is 7. The van der Waals surface area contributed by atoms with E-state index in [4.69, 9.17) is 4.74 Å². The van der Waals surface area contributed by atoms with Crippen LogP contribution in [0.25, 0.3) is 0 Å². The minimum atomic E-state index is -3.12. The summed E-state index contributed by atoms with van der Waals surface area (Å²) in [6, 6.07) is 4.06. The molecule has 2 aliphatic heterocycles. The predicted octanol–water partition coefficient (Wildman–Crippen LogP) is 0.587. The zero-order valence-corrected chi connectivity index (χ0v) is 15.8. The number of rotatable bonds is 5. The van der Waals surface area contributed by atoms with Crippen LogP contribution < -0.4 is 4.74 Å². The van der Waals surface area contributed by atoms with Gasteiger partial charge in [-0.05, 0) is 25.5 Å². The lowest BCUT2D eigenvalue weighted by Gasteiger charge is -2.49. The highest BCUT2D eigenvalue weighted by Crippen LogP contribution is 2.45. The molecular formula is C17H23N5O3S. The Morgan fingerprint density at radius 2 is 2.04 bits per heavy atom. The molecule has 0 N–H and O–H groups in total. The summed E-state index contributed by atoms with van der Waals surface area (Å²) >= 11 is 0. The monoisotopic (exact) mass is 377 g/mol. The first kappa shape index (κ1) is 17.4. The lowest BCUT2D eigenvalue weighted by molar-refractivity contribution is 0.0554. The molecule has 2 aromatic heterocycles. The van der Waals surface area contributed by atoms with Crippen LogP contribution in [0.2, 0.25) is 0 Å². The SMILES string of the molecule is Cc1cc(CN2CC3(C2)C(COc2ncccn2)CCS3(=O)=O)n(C)n1. The smallest absolute Gasteiger partial charge is 0.316 e. The molecule has 0 saturated carbocycles. The van der Waals surface area contributed by atoms with Crippen molar-refractivity contribution in [2.45, 2.75) is 24.6 Å². The van der Waals surface area contributed by atoms with Crippen LogP contribution in [0.5, 0.6) is 6.01 Å². The predicted molar refractivity (Wildman–Crippen MR) is 95.4 cm³/mol. The second kappa shape index (κ2) is 6.31. The molecule has 1 spiro atoms. The molecular weight excluding hydrogens is 354 g/mol. The number of nitrogens with zero attached hydrogens (tertiary/aromatic N) is 5. The molecule has 2 saturated heterocycles. The lowest BCUT2D eigenvalue weighted by Crippen LogP contribution is -2.67. The van der Waals surface area contributed by atoms with Crippen LogP contribution >= 0.6 is 0 Å². The van der Waals surface area contributed by atoms with Crippen LogP contribution in [0.3, 0.4) is 0 Å². The number of hydrogen-bond donors (Lipinski definition) is 0. The summed E-state index contributed by atoms with van der Waals surface area (Å²) in [4.78, 5) is 10.3.